The highest BCUT2D eigenvalue weighted by Crippen LogP contribution is 2.55. The van der Waals surface area contributed by atoms with Crippen LogP contribution in [-0.4, -0.2) is 19.5 Å². The number of hydrogen-bond donors (Lipinski definition) is 0. The standard InChI is InChI=1S/C52H34N4/c1-4-17-35(18-5-1)36-31-33-37(34-32-36)49-53-50(44-27-16-26-43-42-25-12-15-30-47(42)56(48(43)44)39-21-8-3-9-22-39)55-51(54-49)52(38-19-6-2-7-20-38)45-28-13-10-23-40(45)41-24-11-14-29-46(41)52/h1-34H. The molecular formula is C52H34N4. The minimum absolute atomic E-state index is 0.625. The van der Waals surface area contributed by atoms with Crippen LogP contribution in [0, 0.1) is 0 Å². The molecule has 56 heavy (non-hydrogen) atoms. The average molecular weight is 715 g/mol. The third kappa shape index (κ3) is 4.83. The van der Waals surface area contributed by atoms with Crippen LogP contribution >= 0.6 is 0 Å². The van der Waals surface area contributed by atoms with Gasteiger partial charge >= 0.3 is 0 Å². The van der Waals surface area contributed by atoms with Gasteiger partial charge in [0.1, 0.15) is 5.41 Å². The monoisotopic (exact) mass is 714 g/mol. The summed E-state index contributed by atoms with van der Waals surface area (Å²) in [7, 11) is 0. The van der Waals surface area contributed by atoms with Gasteiger partial charge in [-0.2, -0.15) is 0 Å². The molecule has 0 bridgehead atoms. The Balaban J connectivity index is 1.25. The molecule has 0 radical (unpaired) electrons. The molecule has 2 heterocycles. The van der Waals surface area contributed by atoms with E-state index in [1.807, 2.05) is 6.07 Å². The van der Waals surface area contributed by atoms with E-state index in [9.17, 15) is 0 Å². The Morgan fingerprint density at radius 2 is 0.875 bits per heavy atom. The molecule has 2 aromatic heterocycles. The summed E-state index contributed by atoms with van der Waals surface area (Å²) in [6.07, 6.45) is 0. The SMILES string of the molecule is c1ccc(-c2ccc(-c3nc(-c4cccc5c6ccccc6n(-c6ccccc6)c45)nc(C4(c5ccccc5)c5ccccc5-c5ccccc54)n3)cc2)cc1. The van der Waals surface area contributed by atoms with Crippen LogP contribution in [0.3, 0.4) is 0 Å². The number of nitrogens with zero attached hydrogens (tertiary/aromatic N) is 4. The molecule has 4 nitrogen and oxygen atoms in total. The van der Waals surface area contributed by atoms with Crippen LogP contribution in [0.4, 0.5) is 0 Å². The zero-order valence-electron chi connectivity index (χ0n) is 30.4. The molecular weight excluding hydrogens is 681 g/mol. The Morgan fingerprint density at radius 1 is 0.357 bits per heavy atom. The highest BCUT2D eigenvalue weighted by molar-refractivity contribution is 6.13. The molecule has 0 N–H and O–H groups in total. The summed E-state index contributed by atoms with van der Waals surface area (Å²) < 4.78 is 2.35. The number of fused-ring (bicyclic) bond motifs is 6. The first-order chi connectivity index (χ1) is 27.8. The van der Waals surface area contributed by atoms with Crippen molar-refractivity contribution in [3.05, 3.63) is 229 Å². The van der Waals surface area contributed by atoms with E-state index >= 15 is 0 Å². The fourth-order valence-corrected chi connectivity index (χ4v) is 8.88. The highest BCUT2D eigenvalue weighted by atomic mass is 15.1. The van der Waals surface area contributed by atoms with E-state index < -0.39 is 5.41 Å². The van der Waals surface area contributed by atoms with Crippen LogP contribution in [0.1, 0.15) is 22.5 Å². The van der Waals surface area contributed by atoms with Gasteiger partial charge < -0.3 is 4.57 Å². The molecule has 8 aromatic carbocycles. The van der Waals surface area contributed by atoms with Gasteiger partial charge in [-0.15, -0.1) is 0 Å². The molecule has 0 saturated carbocycles. The lowest BCUT2D eigenvalue weighted by Crippen LogP contribution is -2.31. The van der Waals surface area contributed by atoms with Gasteiger partial charge in [0.05, 0.1) is 11.0 Å². The quantitative estimate of drug-likeness (QED) is 0.172. The molecule has 1 aliphatic rings. The predicted molar refractivity (Wildman–Crippen MR) is 228 cm³/mol. The lowest BCUT2D eigenvalue weighted by atomic mass is 9.71. The van der Waals surface area contributed by atoms with Crippen molar-refractivity contribution in [3.8, 4) is 50.7 Å². The van der Waals surface area contributed by atoms with Crippen molar-refractivity contribution in [2.45, 2.75) is 5.41 Å². The van der Waals surface area contributed by atoms with E-state index in [-0.39, 0.29) is 0 Å². The van der Waals surface area contributed by atoms with Gasteiger partial charge in [-0.25, -0.2) is 15.0 Å². The second-order valence-corrected chi connectivity index (χ2v) is 14.3. The van der Waals surface area contributed by atoms with Crippen LogP contribution in [0.15, 0.2) is 206 Å². The van der Waals surface area contributed by atoms with Gasteiger partial charge in [-0.3, -0.25) is 0 Å². The molecule has 0 amide bonds. The third-order valence-corrected chi connectivity index (χ3v) is 11.3. The number of rotatable bonds is 6. The van der Waals surface area contributed by atoms with E-state index in [1.54, 1.807) is 0 Å². The van der Waals surface area contributed by atoms with Gasteiger partial charge in [0.25, 0.3) is 0 Å². The summed E-state index contributed by atoms with van der Waals surface area (Å²) in [5, 5.41) is 2.32. The smallest absolute Gasteiger partial charge is 0.165 e. The molecule has 0 atom stereocenters. The second kappa shape index (κ2) is 12.9. The fourth-order valence-electron chi connectivity index (χ4n) is 8.88. The zero-order chi connectivity index (χ0) is 37.1. The van der Waals surface area contributed by atoms with Gasteiger partial charge in [-0.05, 0) is 63.2 Å². The maximum absolute atomic E-state index is 5.64. The summed E-state index contributed by atoms with van der Waals surface area (Å²) in [5.41, 5.74) is 12.4. The van der Waals surface area contributed by atoms with Crippen molar-refractivity contribution in [3.63, 3.8) is 0 Å². The Labute approximate surface area is 325 Å². The Hall–Kier alpha value is -7.43. The first kappa shape index (κ1) is 32.0. The molecule has 0 aliphatic heterocycles. The fraction of sp³-hybridized carbons (Fsp3) is 0.0192. The van der Waals surface area contributed by atoms with Gasteiger partial charge in [0.15, 0.2) is 17.5 Å². The van der Waals surface area contributed by atoms with Gasteiger partial charge in [0.2, 0.25) is 0 Å². The van der Waals surface area contributed by atoms with Crippen LogP contribution in [-0.2, 0) is 5.41 Å². The number of aromatic nitrogens is 4. The van der Waals surface area contributed by atoms with Crippen LogP contribution in [0.25, 0.3) is 72.5 Å². The molecule has 11 rings (SSSR count). The van der Waals surface area contributed by atoms with E-state index in [0.717, 1.165) is 55.5 Å². The van der Waals surface area contributed by atoms with E-state index in [1.165, 1.54) is 22.1 Å². The lowest BCUT2D eigenvalue weighted by Gasteiger charge is -2.32. The predicted octanol–water partition coefficient (Wildman–Crippen LogP) is 12.3. The maximum atomic E-state index is 5.64. The summed E-state index contributed by atoms with van der Waals surface area (Å²) >= 11 is 0. The molecule has 10 aromatic rings. The zero-order valence-corrected chi connectivity index (χ0v) is 30.4. The molecule has 0 spiro atoms. The molecule has 4 heteroatoms. The highest BCUT2D eigenvalue weighted by Gasteiger charge is 2.48. The topological polar surface area (TPSA) is 43.6 Å². The van der Waals surface area contributed by atoms with Crippen molar-refractivity contribution < 1.29 is 0 Å². The molecule has 0 saturated heterocycles. The first-order valence-electron chi connectivity index (χ1n) is 19.0. The largest absolute Gasteiger partial charge is 0.309 e. The van der Waals surface area contributed by atoms with Crippen LogP contribution in [0.5, 0.6) is 0 Å². The average Bonchev–Trinajstić information content (AvgIpc) is 3.78. The summed E-state index contributed by atoms with van der Waals surface area (Å²) in [4.78, 5) is 16.6. The Morgan fingerprint density at radius 3 is 1.59 bits per heavy atom. The Bertz CT molecular complexity index is 3010. The molecule has 0 fully saturated rings. The van der Waals surface area contributed by atoms with Crippen molar-refractivity contribution in [1.82, 2.24) is 19.5 Å². The first-order valence-corrected chi connectivity index (χ1v) is 19.0. The minimum atomic E-state index is -0.801. The van der Waals surface area contributed by atoms with Gasteiger partial charge in [0, 0.05) is 27.6 Å². The van der Waals surface area contributed by atoms with E-state index in [0.29, 0.717) is 17.5 Å². The second-order valence-electron chi connectivity index (χ2n) is 14.3. The van der Waals surface area contributed by atoms with Crippen molar-refractivity contribution >= 4 is 21.8 Å². The normalized spacial score (nSPS) is 12.8. The van der Waals surface area contributed by atoms with Crippen molar-refractivity contribution in [2.75, 3.05) is 0 Å². The molecule has 262 valence electrons. The number of benzene rings is 8. The van der Waals surface area contributed by atoms with E-state index in [4.69, 9.17) is 15.0 Å². The third-order valence-electron chi connectivity index (χ3n) is 11.3. The van der Waals surface area contributed by atoms with Crippen LogP contribution < -0.4 is 0 Å². The van der Waals surface area contributed by atoms with E-state index in [2.05, 4.69) is 205 Å². The summed E-state index contributed by atoms with van der Waals surface area (Å²) in [6, 6.07) is 72.9. The summed E-state index contributed by atoms with van der Waals surface area (Å²) in [5.74, 6) is 1.94. The maximum Gasteiger partial charge on any atom is 0.165 e. The Kier molecular flexibility index (Phi) is 7.36. The molecule has 1 aliphatic carbocycles. The summed E-state index contributed by atoms with van der Waals surface area (Å²) in [6.45, 7) is 0. The number of hydrogen-bond acceptors (Lipinski definition) is 3. The van der Waals surface area contributed by atoms with Crippen molar-refractivity contribution in [1.29, 1.82) is 0 Å². The van der Waals surface area contributed by atoms with Crippen LogP contribution in [0.2, 0.25) is 0 Å². The molecule has 0 unspecified atom stereocenters. The van der Waals surface area contributed by atoms with Gasteiger partial charge in [-0.1, -0.05) is 182 Å². The van der Waals surface area contributed by atoms with Crippen molar-refractivity contribution in [2.24, 2.45) is 0 Å². The number of para-hydroxylation sites is 3. The minimum Gasteiger partial charge on any atom is -0.309 e. The lowest BCUT2D eigenvalue weighted by molar-refractivity contribution is 0.692.